The molecule has 0 saturated heterocycles. The van der Waals surface area contributed by atoms with Gasteiger partial charge in [-0.15, -0.1) is 0 Å². The van der Waals surface area contributed by atoms with Gasteiger partial charge < -0.3 is 5.32 Å². The molecule has 0 aliphatic carbocycles. The lowest BCUT2D eigenvalue weighted by molar-refractivity contribution is -0.113. The molecule has 0 aliphatic heterocycles. The minimum atomic E-state index is -0.144. The van der Waals surface area contributed by atoms with Gasteiger partial charge in [0.25, 0.3) is 5.56 Å². The lowest BCUT2D eigenvalue weighted by atomic mass is 10.0. The van der Waals surface area contributed by atoms with Crippen LogP contribution in [0.5, 0.6) is 0 Å². The van der Waals surface area contributed by atoms with E-state index in [1.807, 2.05) is 74.5 Å². The molecule has 5 nitrogen and oxygen atoms in total. The van der Waals surface area contributed by atoms with E-state index in [4.69, 9.17) is 4.98 Å². The summed E-state index contributed by atoms with van der Waals surface area (Å²) in [6.45, 7) is 8.25. The number of carbonyl (C=O) groups is 1. The van der Waals surface area contributed by atoms with Crippen molar-refractivity contribution in [3.05, 3.63) is 93.8 Å². The molecule has 1 aromatic heterocycles. The normalized spacial score (nSPS) is 11.2. The van der Waals surface area contributed by atoms with Crippen LogP contribution in [0, 0.1) is 13.8 Å². The number of hydrogen-bond acceptors (Lipinski definition) is 4. The van der Waals surface area contributed by atoms with Crippen LogP contribution in [0.15, 0.2) is 76.7 Å². The number of carbonyl (C=O) groups excluding carboxylic acids is 1. The highest BCUT2D eigenvalue weighted by Gasteiger charge is 2.18. The van der Waals surface area contributed by atoms with Crippen molar-refractivity contribution < 1.29 is 4.79 Å². The molecule has 0 spiro atoms. The Labute approximate surface area is 197 Å². The van der Waals surface area contributed by atoms with Gasteiger partial charge in [0.15, 0.2) is 5.16 Å². The Balaban J connectivity index is 1.71. The molecule has 0 saturated carbocycles. The topological polar surface area (TPSA) is 64.0 Å². The fourth-order valence-electron chi connectivity index (χ4n) is 3.75. The van der Waals surface area contributed by atoms with Gasteiger partial charge in [0.05, 0.1) is 22.3 Å². The van der Waals surface area contributed by atoms with Gasteiger partial charge in [0.2, 0.25) is 5.91 Å². The molecule has 0 unspecified atom stereocenters. The minimum Gasteiger partial charge on any atom is -0.325 e. The largest absolute Gasteiger partial charge is 0.325 e. The second kappa shape index (κ2) is 9.63. The van der Waals surface area contributed by atoms with Crippen molar-refractivity contribution in [2.75, 3.05) is 11.1 Å². The van der Waals surface area contributed by atoms with Crippen LogP contribution < -0.4 is 10.9 Å². The molecular formula is C27H27N3O2S. The number of benzene rings is 3. The number of rotatable bonds is 6. The summed E-state index contributed by atoms with van der Waals surface area (Å²) in [6, 6.07) is 21.0. The quantitative estimate of drug-likeness (QED) is 0.291. The van der Waals surface area contributed by atoms with Crippen LogP contribution in [0.2, 0.25) is 0 Å². The van der Waals surface area contributed by atoms with E-state index in [1.54, 1.807) is 10.6 Å². The van der Waals surface area contributed by atoms with Crippen LogP contribution in [-0.4, -0.2) is 21.2 Å². The maximum atomic E-state index is 13.5. The number of fused-ring (bicyclic) bond motifs is 1. The third-order valence-electron chi connectivity index (χ3n) is 5.67. The van der Waals surface area contributed by atoms with Crippen molar-refractivity contribution in [1.29, 1.82) is 0 Å². The van der Waals surface area contributed by atoms with E-state index in [9.17, 15) is 9.59 Å². The molecule has 168 valence electrons. The molecule has 4 aromatic rings. The van der Waals surface area contributed by atoms with Crippen molar-refractivity contribution in [2.45, 2.75) is 38.8 Å². The first kappa shape index (κ1) is 22.8. The molecule has 1 N–H and O–H groups in total. The Kier molecular flexibility index (Phi) is 6.65. The molecule has 0 bridgehead atoms. The summed E-state index contributed by atoms with van der Waals surface area (Å²) in [6.07, 6.45) is 0. The smallest absolute Gasteiger partial charge is 0.266 e. The Morgan fingerprint density at radius 3 is 2.48 bits per heavy atom. The third kappa shape index (κ3) is 4.86. The van der Waals surface area contributed by atoms with Crippen molar-refractivity contribution in [1.82, 2.24) is 9.55 Å². The fraction of sp³-hybridized carbons (Fsp3) is 0.222. The summed E-state index contributed by atoms with van der Waals surface area (Å²) < 4.78 is 1.64. The summed E-state index contributed by atoms with van der Waals surface area (Å²) in [5.41, 5.74) is 5.40. The van der Waals surface area contributed by atoms with E-state index in [0.717, 1.165) is 22.5 Å². The molecule has 0 atom stereocenters. The van der Waals surface area contributed by atoms with E-state index in [0.29, 0.717) is 16.1 Å². The molecular weight excluding hydrogens is 430 g/mol. The predicted octanol–water partition coefficient (Wildman–Crippen LogP) is 5.86. The molecule has 0 fully saturated rings. The number of nitrogens with zero attached hydrogens (tertiary/aromatic N) is 2. The SMILES string of the molecule is Cc1ccc(NC(=O)CSc2nc3ccccc3c(=O)n2-c2ccccc2C(C)C)cc1C. The lowest BCUT2D eigenvalue weighted by Gasteiger charge is -2.18. The zero-order valence-electron chi connectivity index (χ0n) is 19.3. The number of amides is 1. The number of hydrogen-bond donors (Lipinski definition) is 1. The third-order valence-corrected chi connectivity index (χ3v) is 6.61. The number of anilines is 1. The van der Waals surface area contributed by atoms with Crippen molar-refractivity contribution >= 4 is 34.3 Å². The van der Waals surface area contributed by atoms with Gasteiger partial charge in [0.1, 0.15) is 0 Å². The second-order valence-corrected chi connectivity index (χ2v) is 9.34. The maximum Gasteiger partial charge on any atom is 0.266 e. The van der Waals surface area contributed by atoms with Crippen LogP contribution >= 0.6 is 11.8 Å². The number of thioether (sulfide) groups is 1. The molecule has 0 radical (unpaired) electrons. The number of aryl methyl sites for hydroxylation is 2. The Morgan fingerprint density at radius 1 is 1.00 bits per heavy atom. The zero-order valence-corrected chi connectivity index (χ0v) is 20.1. The summed E-state index contributed by atoms with van der Waals surface area (Å²) in [5.74, 6) is 0.224. The van der Waals surface area contributed by atoms with E-state index in [1.165, 1.54) is 17.3 Å². The van der Waals surface area contributed by atoms with Crippen LogP contribution in [0.1, 0.15) is 36.5 Å². The monoisotopic (exact) mass is 457 g/mol. The van der Waals surface area contributed by atoms with Gasteiger partial charge in [-0.25, -0.2) is 4.98 Å². The fourth-order valence-corrected chi connectivity index (χ4v) is 4.55. The van der Waals surface area contributed by atoms with Gasteiger partial charge in [-0.1, -0.05) is 62.0 Å². The summed E-state index contributed by atoms with van der Waals surface area (Å²) in [4.78, 5) is 31.0. The average Bonchev–Trinajstić information content (AvgIpc) is 2.80. The number of para-hydroxylation sites is 2. The van der Waals surface area contributed by atoms with Crippen molar-refractivity contribution in [3.63, 3.8) is 0 Å². The predicted molar refractivity (Wildman–Crippen MR) is 137 cm³/mol. The standard InChI is InChI=1S/C27H27N3O2S/c1-17(2)21-9-6-8-12-24(21)30-26(32)22-10-5-7-11-23(22)29-27(30)33-16-25(31)28-20-14-13-18(3)19(4)15-20/h5-15,17H,16H2,1-4H3,(H,28,31). The van der Waals surface area contributed by atoms with E-state index in [-0.39, 0.29) is 23.1 Å². The van der Waals surface area contributed by atoms with Crippen LogP contribution in [-0.2, 0) is 4.79 Å². The maximum absolute atomic E-state index is 13.5. The van der Waals surface area contributed by atoms with E-state index in [2.05, 4.69) is 19.2 Å². The average molecular weight is 458 g/mol. The molecule has 6 heteroatoms. The van der Waals surface area contributed by atoms with Gasteiger partial charge in [-0.05, 0) is 66.8 Å². The summed E-state index contributed by atoms with van der Waals surface area (Å²) in [5, 5.41) is 4.00. The second-order valence-electron chi connectivity index (χ2n) is 8.40. The first-order chi connectivity index (χ1) is 15.8. The van der Waals surface area contributed by atoms with Gasteiger partial charge in [-0.2, -0.15) is 0 Å². The first-order valence-electron chi connectivity index (χ1n) is 11.0. The summed E-state index contributed by atoms with van der Waals surface area (Å²) >= 11 is 1.27. The van der Waals surface area contributed by atoms with Crippen LogP contribution in [0.4, 0.5) is 5.69 Å². The molecule has 1 amide bonds. The van der Waals surface area contributed by atoms with E-state index >= 15 is 0 Å². The Bertz CT molecular complexity index is 1390. The molecule has 0 aliphatic rings. The van der Waals surface area contributed by atoms with Gasteiger partial charge in [-0.3, -0.25) is 14.2 Å². The molecule has 33 heavy (non-hydrogen) atoms. The molecule has 3 aromatic carbocycles. The van der Waals surface area contributed by atoms with Crippen molar-refractivity contribution in [3.8, 4) is 5.69 Å². The van der Waals surface area contributed by atoms with E-state index < -0.39 is 0 Å². The van der Waals surface area contributed by atoms with Gasteiger partial charge in [0, 0.05) is 5.69 Å². The minimum absolute atomic E-state index is 0.134. The van der Waals surface area contributed by atoms with Gasteiger partial charge >= 0.3 is 0 Å². The van der Waals surface area contributed by atoms with Crippen LogP contribution in [0.25, 0.3) is 16.6 Å². The first-order valence-corrected chi connectivity index (χ1v) is 11.9. The van der Waals surface area contributed by atoms with Crippen molar-refractivity contribution in [2.24, 2.45) is 0 Å². The lowest BCUT2D eigenvalue weighted by Crippen LogP contribution is -2.24. The Hall–Kier alpha value is -3.38. The zero-order chi connectivity index (χ0) is 23.5. The van der Waals surface area contributed by atoms with Crippen LogP contribution in [0.3, 0.4) is 0 Å². The highest BCUT2D eigenvalue weighted by atomic mass is 32.2. The number of nitrogens with one attached hydrogen (secondary N) is 1. The Morgan fingerprint density at radius 2 is 1.73 bits per heavy atom. The highest BCUT2D eigenvalue weighted by Crippen LogP contribution is 2.27. The molecule has 4 rings (SSSR count). The summed E-state index contributed by atoms with van der Waals surface area (Å²) in [7, 11) is 0. The number of aromatic nitrogens is 2. The molecule has 1 heterocycles. The highest BCUT2D eigenvalue weighted by molar-refractivity contribution is 7.99.